The molecule has 0 amide bonds. The number of fused-ring (bicyclic) bond motifs is 1. The molecule has 0 saturated carbocycles. The van der Waals surface area contributed by atoms with E-state index in [-0.39, 0.29) is 9.79 Å². The van der Waals surface area contributed by atoms with Crippen molar-refractivity contribution in [2.24, 2.45) is 0 Å². The van der Waals surface area contributed by atoms with Crippen molar-refractivity contribution in [2.75, 3.05) is 18.0 Å². The summed E-state index contributed by atoms with van der Waals surface area (Å²) in [6.07, 6.45) is 4.51. The molecular weight excluding hydrogens is 351 g/mol. The topological polar surface area (TPSA) is 50.3 Å². The third kappa shape index (κ3) is 2.94. The van der Waals surface area contributed by atoms with E-state index >= 15 is 0 Å². The zero-order valence-electron chi connectivity index (χ0n) is 14.2. The maximum absolute atomic E-state index is 13.9. The Hall–Kier alpha value is -2.47. The molecule has 0 unspecified atom stereocenters. The molecule has 1 aliphatic rings. The second-order valence-electron chi connectivity index (χ2n) is 6.50. The maximum Gasteiger partial charge on any atom is 0.210 e. The van der Waals surface area contributed by atoms with E-state index in [1.165, 1.54) is 18.3 Å². The minimum atomic E-state index is -3.75. The molecule has 134 valence electrons. The van der Waals surface area contributed by atoms with Crippen molar-refractivity contribution in [2.45, 2.75) is 29.1 Å². The van der Waals surface area contributed by atoms with Gasteiger partial charge in [-0.1, -0.05) is 18.2 Å². The van der Waals surface area contributed by atoms with E-state index in [0.717, 1.165) is 32.4 Å². The molecule has 26 heavy (non-hydrogen) atoms. The molecular formula is C20H19FN2O2S. The first-order valence-electron chi connectivity index (χ1n) is 8.71. The summed E-state index contributed by atoms with van der Waals surface area (Å²) in [6.45, 7) is 1.51. The third-order valence-electron chi connectivity index (χ3n) is 4.78. The molecule has 1 fully saturated rings. The van der Waals surface area contributed by atoms with Crippen LogP contribution in [0, 0.1) is 5.82 Å². The van der Waals surface area contributed by atoms with Crippen LogP contribution in [0.3, 0.4) is 0 Å². The molecule has 2 heterocycles. The SMILES string of the molecule is O=S(=O)(c1ccccc1)c1cnc2ccc(F)cc2c1N1CCCCC1. The van der Waals surface area contributed by atoms with Crippen LogP contribution in [0.25, 0.3) is 10.9 Å². The van der Waals surface area contributed by atoms with Crippen molar-refractivity contribution in [3.8, 4) is 0 Å². The van der Waals surface area contributed by atoms with E-state index in [1.807, 2.05) is 0 Å². The average molecular weight is 370 g/mol. The van der Waals surface area contributed by atoms with E-state index in [9.17, 15) is 12.8 Å². The van der Waals surface area contributed by atoms with Crippen molar-refractivity contribution in [3.05, 3.63) is 60.5 Å². The number of aromatic nitrogens is 1. The number of benzene rings is 2. The molecule has 1 saturated heterocycles. The van der Waals surface area contributed by atoms with E-state index in [2.05, 4.69) is 9.88 Å². The summed E-state index contributed by atoms with van der Waals surface area (Å²) in [5.74, 6) is -0.396. The zero-order valence-corrected chi connectivity index (χ0v) is 15.0. The summed E-state index contributed by atoms with van der Waals surface area (Å²) in [4.78, 5) is 6.72. The Morgan fingerprint density at radius 3 is 2.42 bits per heavy atom. The van der Waals surface area contributed by atoms with Crippen molar-refractivity contribution >= 4 is 26.4 Å². The first-order chi connectivity index (χ1) is 12.6. The summed E-state index contributed by atoms with van der Waals surface area (Å²) < 4.78 is 40.5. The van der Waals surface area contributed by atoms with Crippen molar-refractivity contribution in [3.63, 3.8) is 0 Å². The minimum absolute atomic E-state index is 0.142. The van der Waals surface area contributed by atoms with Crippen molar-refractivity contribution in [1.29, 1.82) is 0 Å². The second kappa shape index (κ2) is 6.68. The van der Waals surface area contributed by atoms with E-state index in [4.69, 9.17) is 0 Å². The van der Waals surface area contributed by atoms with Gasteiger partial charge in [0.2, 0.25) is 9.84 Å². The lowest BCUT2D eigenvalue weighted by atomic mass is 10.1. The molecule has 6 heteroatoms. The number of sulfone groups is 1. The fourth-order valence-corrected chi connectivity index (χ4v) is 4.95. The lowest BCUT2D eigenvalue weighted by molar-refractivity contribution is 0.571. The zero-order chi connectivity index (χ0) is 18.1. The Morgan fingerprint density at radius 2 is 1.69 bits per heavy atom. The maximum atomic E-state index is 13.9. The Balaban J connectivity index is 2.00. The van der Waals surface area contributed by atoms with Crippen molar-refractivity contribution in [1.82, 2.24) is 4.98 Å². The van der Waals surface area contributed by atoms with Gasteiger partial charge in [-0.05, 0) is 49.6 Å². The molecule has 0 bridgehead atoms. The third-order valence-corrected chi connectivity index (χ3v) is 6.55. The van der Waals surface area contributed by atoms with Gasteiger partial charge in [0.15, 0.2) is 0 Å². The Bertz CT molecular complexity index is 1050. The number of rotatable bonds is 3. The van der Waals surface area contributed by atoms with Crippen LogP contribution >= 0.6 is 0 Å². The van der Waals surface area contributed by atoms with Gasteiger partial charge in [0.25, 0.3) is 0 Å². The molecule has 3 aromatic rings. The Labute approximate surface area is 152 Å². The Morgan fingerprint density at radius 1 is 0.962 bits per heavy atom. The number of piperidine rings is 1. The van der Waals surface area contributed by atoms with Crippen LogP contribution in [0.2, 0.25) is 0 Å². The monoisotopic (exact) mass is 370 g/mol. The van der Waals surface area contributed by atoms with Gasteiger partial charge in [-0.25, -0.2) is 12.8 Å². The normalized spacial score (nSPS) is 15.3. The molecule has 0 spiro atoms. The highest BCUT2D eigenvalue weighted by atomic mass is 32.2. The fourth-order valence-electron chi connectivity index (χ4n) is 3.50. The van der Waals surface area contributed by atoms with Gasteiger partial charge in [-0.2, -0.15) is 0 Å². The number of nitrogens with zero attached hydrogens (tertiary/aromatic N) is 2. The van der Waals surface area contributed by atoms with Gasteiger partial charge < -0.3 is 4.90 Å². The molecule has 0 radical (unpaired) electrons. The number of hydrogen-bond acceptors (Lipinski definition) is 4. The van der Waals surface area contributed by atoms with Crippen LogP contribution < -0.4 is 4.90 Å². The molecule has 0 aliphatic carbocycles. The largest absolute Gasteiger partial charge is 0.370 e. The summed E-state index contributed by atoms with van der Waals surface area (Å²) in [5, 5.41) is 0.545. The van der Waals surface area contributed by atoms with Crippen LogP contribution in [0.4, 0.5) is 10.1 Å². The second-order valence-corrected chi connectivity index (χ2v) is 8.41. The molecule has 2 aromatic carbocycles. The quantitative estimate of drug-likeness (QED) is 0.693. The lowest BCUT2D eigenvalue weighted by Gasteiger charge is -2.31. The van der Waals surface area contributed by atoms with Gasteiger partial charge in [-0.15, -0.1) is 0 Å². The lowest BCUT2D eigenvalue weighted by Crippen LogP contribution is -2.31. The first-order valence-corrected chi connectivity index (χ1v) is 10.2. The smallest absolute Gasteiger partial charge is 0.210 e. The predicted octanol–water partition coefficient (Wildman–Crippen LogP) is 4.20. The highest BCUT2D eigenvalue weighted by molar-refractivity contribution is 7.91. The fraction of sp³-hybridized carbons (Fsp3) is 0.250. The van der Waals surface area contributed by atoms with Gasteiger partial charge >= 0.3 is 0 Å². The van der Waals surface area contributed by atoms with Gasteiger partial charge in [-0.3, -0.25) is 4.98 Å². The molecule has 4 nitrogen and oxygen atoms in total. The van der Waals surface area contributed by atoms with Crippen LogP contribution in [-0.4, -0.2) is 26.5 Å². The van der Waals surface area contributed by atoms with Crippen molar-refractivity contribution < 1.29 is 12.8 Å². The number of hydrogen-bond donors (Lipinski definition) is 0. The van der Waals surface area contributed by atoms with Gasteiger partial charge in [0, 0.05) is 24.7 Å². The van der Waals surface area contributed by atoms with E-state index < -0.39 is 15.7 Å². The van der Waals surface area contributed by atoms with Crippen LogP contribution in [0.1, 0.15) is 19.3 Å². The standard InChI is InChI=1S/C20H19FN2O2S/c21-15-9-10-18-17(13-15)20(23-11-5-2-6-12-23)19(14-22-18)26(24,25)16-7-3-1-4-8-16/h1,3-4,7-10,13-14H,2,5-6,11-12H2. The van der Waals surface area contributed by atoms with Crippen LogP contribution in [0.5, 0.6) is 0 Å². The van der Waals surface area contributed by atoms with Crippen LogP contribution in [0.15, 0.2) is 64.5 Å². The summed E-state index contributed by atoms with van der Waals surface area (Å²) in [5.41, 5.74) is 1.16. The number of halogens is 1. The molecule has 1 aliphatic heterocycles. The van der Waals surface area contributed by atoms with Gasteiger partial charge in [0.1, 0.15) is 10.7 Å². The van der Waals surface area contributed by atoms with Gasteiger partial charge in [0.05, 0.1) is 16.1 Å². The highest BCUT2D eigenvalue weighted by Gasteiger charge is 2.27. The number of anilines is 1. The summed E-state index contributed by atoms with van der Waals surface area (Å²) >= 11 is 0. The molecule has 0 N–H and O–H groups in total. The Kier molecular flexibility index (Phi) is 4.36. The first kappa shape index (κ1) is 17.0. The number of pyridine rings is 1. The van der Waals surface area contributed by atoms with E-state index in [1.54, 1.807) is 36.4 Å². The van der Waals surface area contributed by atoms with Crippen LogP contribution in [-0.2, 0) is 9.84 Å². The van der Waals surface area contributed by atoms with E-state index in [0.29, 0.717) is 16.6 Å². The summed E-state index contributed by atoms with van der Waals surface area (Å²) in [6, 6.07) is 12.6. The molecule has 0 atom stereocenters. The predicted molar refractivity (Wildman–Crippen MR) is 99.7 cm³/mol. The minimum Gasteiger partial charge on any atom is -0.370 e. The molecule has 4 rings (SSSR count). The average Bonchev–Trinajstić information content (AvgIpc) is 2.68. The molecule has 1 aromatic heterocycles. The summed E-state index contributed by atoms with van der Waals surface area (Å²) in [7, 11) is -3.75. The highest BCUT2D eigenvalue weighted by Crippen LogP contribution is 2.37.